The van der Waals surface area contributed by atoms with Gasteiger partial charge in [-0.15, -0.1) is 0 Å². The number of carbonyl (C=O) groups excluding carboxylic acids is 1. The van der Waals surface area contributed by atoms with Crippen molar-refractivity contribution < 1.29 is 4.79 Å². The van der Waals surface area contributed by atoms with Crippen LogP contribution in [0.4, 0.5) is 0 Å². The van der Waals surface area contributed by atoms with E-state index >= 15 is 0 Å². The zero-order valence-corrected chi connectivity index (χ0v) is 6.89. The van der Waals surface area contributed by atoms with Gasteiger partial charge in [-0.05, 0) is 13.3 Å². The summed E-state index contributed by atoms with van der Waals surface area (Å²) in [6, 6.07) is 0. The molecular formula is C9H16O. The van der Waals surface area contributed by atoms with Crippen molar-refractivity contribution >= 4 is 6.29 Å². The molecule has 0 bridgehead atoms. The van der Waals surface area contributed by atoms with Crippen LogP contribution in [0.15, 0.2) is 12.2 Å². The lowest BCUT2D eigenvalue weighted by Crippen LogP contribution is -2.01. The zero-order valence-electron chi connectivity index (χ0n) is 6.89. The van der Waals surface area contributed by atoms with Gasteiger partial charge in [0.25, 0.3) is 0 Å². The molecule has 1 nitrogen and oxygen atoms in total. The summed E-state index contributed by atoms with van der Waals surface area (Å²) in [6.45, 7) is 7.78. The van der Waals surface area contributed by atoms with Crippen LogP contribution in [0.1, 0.15) is 33.1 Å². The summed E-state index contributed by atoms with van der Waals surface area (Å²) in [5.41, 5.74) is 0.989. The highest BCUT2D eigenvalue weighted by atomic mass is 16.1. The molecule has 0 N–H and O–H groups in total. The van der Waals surface area contributed by atoms with Gasteiger partial charge < -0.3 is 4.79 Å². The number of aldehydes is 1. The van der Waals surface area contributed by atoms with E-state index in [-0.39, 0.29) is 5.92 Å². The molecule has 1 heteroatoms. The summed E-state index contributed by atoms with van der Waals surface area (Å²) in [5.74, 6) is 0.0972. The average molecular weight is 140 g/mol. The van der Waals surface area contributed by atoms with Crippen molar-refractivity contribution in [1.29, 1.82) is 0 Å². The first-order chi connectivity index (χ1) is 4.72. The van der Waals surface area contributed by atoms with Crippen LogP contribution in [0.25, 0.3) is 0 Å². The van der Waals surface area contributed by atoms with Crippen molar-refractivity contribution in [2.24, 2.45) is 5.92 Å². The summed E-state index contributed by atoms with van der Waals surface area (Å²) in [5, 5.41) is 0. The average Bonchev–Trinajstić information content (AvgIpc) is 1.89. The fourth-order valence-electron chi connectivity index (χ4n) is 0.855. The van der Waals surface area contributed by atoms with Gasteiger partial charge in [-0.2, -0.15) is 0 Å². The van der Waals surface area contributed by atoms with E-state index in [1.807, 2.05) is 6.92 Å². The standard InChI is InChI=1S/C9H16O/c1-4-5-6-9(7-10)8(2)3/h7,9H,2,4-6H2,1,3H3/t9-/m0/s1. The lowest BCUT2D eigenvalue weighted by molar-refractivity contribution is -0.110. The van der Waals surface area contributed by atoms with Crippen LogP contribution < -0.4 is 0 Å². The first-order valence-corrected chi connectivity index (χ1v) is 3.83. The van der Waals surface area contributed by atoms with Gasteiger partial charge in [0.15, 0.2) is 0 Å². The number of hydrogen-bond acceptors (Lipinski definition) is 1. The van der Waals surface area contributed by atoms with Crippen LogP contribution in [0.3, 0.4) is 0 Å². The Hall–Kier alpha value is -0.590. The molecule has 0 aliphatic heterocycles. The molecule has 0 aromatic carbocycles. The first-order valence-electron chi connectivity index (χ1n) is 3.83. The molecule has 0 spiro atoms. The van der Waals surface area contributed by atoms with Crippen LogP contribution in [0.5, 0.6) is 0 Å². The third-order valence-electron chi connectivity index (χ3n) is 1.67. The van der Waals surface area contributed by atoms with Crippen LogP contribution in [-0.2, 0) is 4.79 Å². The number of carbonyl (C=O) groups is 1. The second-order valence-electron chi connectivity index (χ2n) is 2.73. The second kappa shape index (κ2) is 5.21. The Morgan fingerprint density at radius 2 is 2.30 bits per heavy atom. The number of rotatable bonds is 5. The van der Waals surface area contributed by atoms with Crippen molar-refractivity contribution in [1.82, 2.24) is 0 Å². The molecule has 0 saturated carbocycles. The van der Waals surface area contributed by atoms with Gasteiger partial charge in [0.2, 0.25) is 0 Å². The minimum absolute atomic E-state index is 0.0972. The third kappa shape index (κ3) is 3.44. The second-order valence-corrected chi connectivity index (χ2v) is 2.73. The Morgan fingerprint density at radius 1 is 1.70 bits per heavy atom. The first kappa shape index (κ1) is 9.41. The van der Waals surface area contributed by atoms with E-state index < -0.39 is 0 Å². The van der Waals surface area contributed by atoms with E-state index in [0.29, 0.717) is 0 Å². The summed E-state index contributed by atoms with van der Waals surface area (Å²) < 4.78 is 0. The predicted molar refractivity (Wildman–Crippen MR) is 43.9 cm³/mol. The SMILES string of the molecule is C=C(C)[C@H](C=O)CCCC. The molecule has 0 unspecified atom stereocenters. The van der Waals surface area contributed by atoms with E-state index in [1.54, 1.807) is 0 Å². The topological polar surface area (TPSA) is 17.1 Å². The van der Waals surface area contributed by atoms with Gasteiger partial charge in [-0.1, -0.05) is 31.9 Å². The molecule has 0 aliphatic rings. The maximum Gasteiger partial charge on any atom is 0.127 e. The molecule has 0 rings (SSSR count). The van der Waals surface area contributed by atoms with Crippen molar-refractivity contribution in [2.75, 3.05) is 0 Å². The van der Waals surface area contributed by atoms with Crippen molar-refractivity contribution in [3.63, 3.8) is 0 Å². The summed E-state index contributed by atoms with van der Waals surface area (Å²) >= 11 is 0. The van der Waals surface area contributed by atoms with Gasteiger partial charge in [0.05, 0.1) is 0 Å². The van der Waals surface area contributed by atoms with E-state index in [9.17, 15) is 4.79 Å². The monoisotopic (exact) mass is 140 g/mol. The number of hydrogen-bond donors (Lipinski definition) is 0. The molecule has 0 aromatic rings. The lowest BCUT2D eigenvalue weighted by Gasteiger charge is -2.07. The van der Waals surface area contributed by atoms with Crippen molar-refractivity contribution in [3.8, 4) is 0 Å². The van der Waals surface area contributed by atoms with E-state index in [1.165, 1.54) is 0 Å². The summed E-state index contributed by atoms with van der Waals surface area (Å²) in [4.78, 5) is 10.4. The van der Waals surface area contributed by atoms with Gasteiger partial charge in [0.1, 0.15) is 6.29 Å². The maximum atomic E-state index is 10.4. The maximum absolute atomic E-state index is 10.4. The fraction of sp³-hybridized carbons (Fsp3) is 0.667. The van der Waals surface area contributed by atoms with Crippen LogP contribution in [0, 0.1) is 5.92 Å². The number of unbranched alkanes of at least 4 members (excludes halogenated alkanes) is 1. The molecule has 0 saturated heterocycles. The van der Waals surface area contributed by atoms with Gasteiger partial charge in [0, 0.05) is 5.92 Å². The summed E-state index contributed by atoms with van der Waals surface area (Å²) in [7, 11) is 0. The molecule has 58 valence electrons. The highest BCUT2D eigenvalue weighted by Crippen LogP contribution is 2.12. The Bertz CT molecular complexity index is 116. The molecule has 0 aliphatic carbocycles. The highest BCUT2D eigenvalue weighted by molar-refractivity contribution is 5.57. The molecule has 0 aromatic heterocycles. The quantitative estimate of drug-likeness (QED) is 0.423. The molecule has 0 amide bonds. The summed E-state index contributed by atoms with van der Waals surface area (Å²) in [6.07, 6.45) is 4.24. The third-order valence-corrected chi connectivity index (χ3v) is 1.67. The van der Waals surface area contributed by atoms with E-state index in [0.717, 1.165) is 31.1 Å². The van der Waals surface area contributed by atoms with Gasteiger partial charge in [-0.25, -0.2) is 0 Å². The lowest BCUT2D eigenvalue weighted by atomic mass is 9.97. The van der Waals surface area contributed by atoms with Crippen molar-refractivity contribution in [2.45, 2.75) is 33.1 Å². The predicted octanol–water partition coefficient (Wildman–Crippen LogP) is 2.57. The Labute approximate surface area is 63.1 Å². The molecule has 10 heavy (non-hydrogen) atoms. The molecular weight excluding hydrogens is 124 g/mol. The van der Waals surface area contributed by atoms with E-state index in [2.05, 4.69) is 13.5 Å². The van der Waals surface area contributed by atoms with Gasteiger partial charge in [-0.3, -0.25) is 0 Å². The smallest absolute Gasteiger partial charge is 0.127 e. The van der Waals surface area contributed by atoms with Crippen LogP contribution >= 0.6 is 0 Å². The minimum atomic E-state index is 0.0972. The fourth-order valence-corrected chi connectivity index (χ4v) is 0.855. The Balaban J connectivity index is 3.60. The minimum Gasteiger partial charge on any atom is -0.303 e. The Kier molecular flexibility index (Phi) is 4.91. The normalized spacial score (nSPS) is 12.6. The Morgan fingerprint density at radius 3 is 2.60 bits per heavy atom. The van der Waals surface area contributed by atoms with E-state index in [4.69, 9.17) is 0 Å². The van der Waals surface area contributed by atoms with Crippen LogP contribution in [0.2, 0.25) is 0 Å². The van der Waals surface area contributed by atoms with Crippen LogP contribution in [-0.4, -0.2) is 6.29 Å². The van der Waals surface area contributed by atoms with Gasteiger partial charge >= 0.3 is 0 Å². The molecule has 0 heterocycles. The molecule has 0 fully saturated rings. The molecule has 0 radical (unpaired) electrons. The molecule has 1 atom stereocenters. The number of allylic oxidation sites excluding steroid dienone is 1. The largest absolute Gasteiger partial charge is 0.303 e. The zero-order chi connectivity index (χ0) is 7.98. The highest BCUT2D eigenvalue weighted by Gasteiger charge is 2.05. The van der Waals surface area contributed by atoms with Crippen molar-refractivity contribution in [3.05, 3.63) is 12.2 Å².